The van der Waals surface area contributed by atoms with Gasteiger partial charge in [-0.15, -0.1) is 11.3 Å². The molecule has 0 unspecified atom stereocenters. The van der Waals surface area contributed by atoms with Crippen LogP contribution in [-0.4, -0.2) is 31.4 Å². The van der Waals surface area contributed by atoms with E-state index in [-0.39, 0.29) is 22.8 Å². The molecule has 2 aliphatic rings. The van der Waals surface area contributed by atoms with Gasteiger partial charge in [0.15, 0.2) is 5.78 Å². The maximum Gasteiger partial charge on any atom is 0.206 e. The summed E-state index contributed by atoms with van der Waals surface area (Å²) >= 11 is 4.89. The maximum absolute atomic E-state index is 12.6. The molecule has 0 N–H and O–H groups in total. The molecule has 4 nitrogen and oxygen atoms in total. The molecule has 0 saturated heterocycles. The Balaban J connectivity index is 0.00000156. The van der Waals surface area contributed by atoms with Crippen molar-refractivity contribution in [1.82, 2.24) is 0 Å². The Morgan fingerprint density at radius 1 is 1.22 bits per heavy atom. The van der Waals surface area contributed by atoms with Crippen LogP contribution in [0.25, 0.3) is 0 Å². The van der Waals surface area contributed by atoms with Crippen molar-refractivity contribution in [1.29, 1.82) is 0 Å². The van der Waals surface area contributed by atoms with Gasteiger partial charge in [0.2, 0.25) is 5.96 Å². The fourth-order valence-corrected chi connectivity index (χ4v) is 4.24. The summed E-state index contributed by atoms with van der Waals surface area (Å²) in [5.41, 5.74) is 2.23. The van der Waals surface area contributed by atoms with Gasteiger partial charge in [-0.3, -0.25) is 9.79 Å². The number of nitrogens with zero attached hydrogens (tertiary/aromatic N) is 3. The zero-order chi connectivity index (χ0) is 15.1. The number of halogens is 2. The molecule has 0 radical (unpaired) electrons. The van der Waals surface area contributed by atoms with Crippen LogP contribution in [0.2, 0.25) is 0 Å². The fraction of sp³-hybridized carbons (Fsp3) is 0.250. The van der Waals surface area contributed by atoms with E-state index in [1.165, 1.54) is 11.3 Å². The molecule has 0 bridgehead atoms. The minimum Gasteiger partial charge on any atom is -1.00 e. The summed E-state index contributed by atoms with van der Waals surface area (Å²) in [6, 6.07) is 12.0. The van der Waals surface area contributed by atoms with Gasteiger partial charge in [-0.1, -0.05) is 12.1 Å². The van der Waals surface area contributed by atoms with Gasteiger partial charge in [-0.05, 0) is 46.6 Å². The highest BCUT2D eigenvalue weighted by molar-refractivity contribution is 9.11. The molecule has 2 aromatic rings. The van der Waals surface area contributed by atoms with Crippen molar-refractivity contribution >= 4 is 50.4 Å². The largest absolute Gasteiger partial charge is 1.00 e. The number of carbonyl (C=O) groups is 1. The standard InChI is InChI=1S/C16H14BrN3OS.BrH/c17-15-7-6-14(22-15)13(21)10-20-12-5-2-1-4-11(12)19-9-3-8-18-16(19)20;/h1-2,4-7H,3,8-10H2;1H/p-1. The van der Waals surface area contributed by atoms with E-state index in [0.29, 0.717) is 6.54 Å². The monoisotopic (exact) mass is 454 g/mol. The lowest BCUT2D eigenvalue weighted by Gasteiger charge is -2.26. The molecule has 0 amide bonds. The molecule has 23 heavy (non-hydrogen) atoms. The number of Topliss-reactive ketones (excluding diaryl/α,β-unsaturated/α-hetero) is 1. The van der Waals surface area contributed by atoms with Crippen LogP contribution in [-0.2, 0) is 0 Å². The predicted octanol–water partition coefficient (Wildman–Crippen LogP) is 0.784. The molecule has 4 rings (SSSR count). The van der Waals surface area contributed by atoms with Gasteiger partial charge in [0.25, 0.3) is 0 Å². The zero-order valence-electron chi connectivity index (χ0n) is 12.2. The summed E-state index contributed by atoms with van der Waals surface area (Å²) in [5.74, 6) is 1.04. The molecular weight excluding hydrogens is 442 g/mol. The van der Waals surface area contributed by atoms with E-state index < -0.39 is 0 Å². The van der Waals surface area contributed by atoms with Crippen LogP contribution >= 0.6 is 27.3 Å². The third-order valence-electron chi connectivity index (χ3n) is 3.89. The lowest BCUT2D eigenvalue weighted by atomic mass is 10.2. The highest BCUT2D eigenvalue weighted by Gasteiger charge is 2.34. The Morgan fingerprint density at radius 2 is 2.00 bits per heavy atom. The predicted molar refractivity (Wildman–Crippen MR) is 94.4 cm³/mol. The molecule has 0 fully saturated rings. The smallest absolute Gasteiger partial charge is 0.206 e. The Hall–Kier alpha value is -1.18. The van der Waals surface area contributed by atoms with Crippen molar-refractivity contribution in [3.8, 4) is 0 Å². The van der Waals surface area contributed by atoms with Crippen molar-refractivity contribution in [2.75, 3.05) is 29.4 Å². The van der Waals surface area contributed by atoms with Gasteiger partial charge in [-0.25, -0.2) is 0 Å². The number of thiophene rings is 1. The molecule has 0 atom stereocenters. The summed E-state index contributed by atoms with van der Waals surface area (Å²) in [6.45, 7) is 2.12. The Morgan fingerprint density at radius 3 is 2.74 bits per heavy atom. The number of fused-ring (bicyclic) bond motifs is 3. The second-order valence-electron chi connectivity index (χ2n) is 5.29. The Bertz CT molecular complexity index is 774. The highest BCUT2D eigenvalue weighted by Crippen LogP contribution is 2.38. The first-order chi connectivity index (χ1) is 10.7. The highest BCUT2D eigenvalue weighted by atomic mass is 79.9. The zero-order valence-corrected chi connectivity index (χ0v) is 16.2. The number of benzene rings is 1. The molecular formula is C16H14Br2N3OS-. The normalized spacial score (nSPS) is 15.6. The molecule has 3 heterocycles. The van der Waals surface area contributed by atoms with Gasteiger partial charge in [-0.2, -0.15) is 0 Å². The van der Waals surface area contributed by atoms with E-state index in [9.17, 15) is 4.79 Å². The van der Waals surface area contributed by atoms with Crippen LogP contribution in [0.4, 0.5) is 11.4 Å². The van der Waals surface area contributed by atoms with Crippen molar-refractivity contribution in [2.45, 2.75) is 6.42 Å². The van der Waals surface area contributed by atoms with Crippen molar-refractivity contribution < 1.29 is 21.8 Å². The van der Waals surface area contributed by atoms with Crippen LogP contribution in [0.15, 0.2) is 45.2 Å². The quantitative estimate of drug-likeness (QED) is 0.642. The number of para-hydroxylation sites is 2. The number of aliphatic imine (C=N–C) groups is 1. The summed E-state index contributed by atoms with van der Waals surface area (Å²) in [6.07, 6.45) is 1.05. The lowest BCUT2D eigenvalue weighted by molar-refractivity contribution is -0.0000119. The topological polar surface area (TPSA) is 35.9 Å². The summed E-state index contributed by atoms with van der Waals surface area (Å²) in [4.78, 5) is 22.3. The number of anilines is 2. The van der Waals surface area contributed by atoms with E-state index in [4.69, 9.17) is 0 Å². The fourth-order valence-electron chi connectivity index (χ4n) is 2.92. The summed E-state index contributed by atoms with van der Waals surface area (Å²) < 4.78 is 0.981. The number of hydrogen-bond acceptors (Lipinski definition) is 5. The number of hydrogen-bond donors (Lipinski definition) is 0. The van der Waals surface area contributed by atoms with Gasteiger partial charge in [0.05, 0.1) is 26.6 Å². The van der Waals surface area contributed by atoms with Crippen LogP contribution in [0.3, 0.4) is 0 Å². The molecule has 120 valence electrons. The van der Waals surface area contributed by atoms with Crippen molar-refractivity contribution in [3.05, 3.63) is 45.1 Å². The van der Waals surface area contributed by atoms with E-state index in [1.807, 2.05) is 29.2 Å². The maximum atomic E-state index is 12.6. The SMILES string of the molecule is O=C(CN1C2=NCCCN2c2ccccc21)c1ccc(Br)s1.[Br-]. The number of rotatable bonds is 3. The average Bonchev–Trinajstić information content (AvgIpc) is 3.11. The second-order valence-corrected chi connectivity index (χ2v) is 7.75. The molecule has 0 aliphatic carbocycles. The second kappa shape index (κ2) is 6.75. The third-order valence-corrected chi connectivity index (χ3v) is 5.55. The van der Waals surface area contributed by atoms with Gasteiger partial charge in [0, 0.05) is 13.1 Å². The average molecular weight is 456 g/mol. The van der Waals surface area contributed by atoms with Crippen LogP contribution in [0, 0.1) is 0 Å². The van der Waals surface area contributed by atoms with Crippen LogP contribution in [0.1, 0.15) is 16.1 Å². The minimum atomic E-state index is 0. The van der Waals surface area contributed by atoms with Crippen LogP contribution in [0.5, 0.6) is 0 Å². The lowest BCUT2D eigenvalue weighted by Crippen LogP contribution is -3.00. The number of carbonyl (C=O) groups excluding carboxylic acids is 1. The molecule has 1 aromatic carbocycles. The van der Waals surface area contributed by atoms with Crippen molar-refractivity contribution in [2.24, 2.45) is 4.99 Å². The minimum absolute atomic E-state index is 0. The first-order valence-electron chi connectivity index (χ1n) is 7.21. The van der Waals surface area contributed by atoms with Crippen LogP contribution < -0.4 is 26.8 Å². The van der Waals surface area contributed by atoms with Gasteiger partial charge in [0.1, 0.15) is 0 Å². The van der Waals surface area contributed by atoms with E-state index in [2.05, 4.69) is 38.0 Å². The molecule has 0 saturated carbocycles. The molecule has 7 heteroatoms. The first-order valence-corrected chi connectivity index (χ1v) is 8.82. The summed E-state index contributed by atoms with van der Waals surface area (Å²) in [7, 11) is 0. The number of ketones is 1. The molecule has 2 aliphatic heterocycles. The third kappa shape index (κ3) is 2.97. The van der Waals surface area contributed by atoms with Crippen molar-refractivity contribution in [3.63, 3.8) is 0 Å². The van der Waals surface area contributed by atoms with E-state index >= 15 is 0 Å². The first kappa shape index (κ1) is 16.7. The molecule has 1 aromatic heterocycles. The van der Waals surface area contributed by atoms with E-state index in [1.54, 1.807) is 0 Å². The van der Waals surface area contributed by atoms with Gasteiger partial charge >= 0.3 is 0 Å². The summed E-state index contributed by atoms with van der Waals surface area (Å²) in [5, 5.41) is 0. The van der Waals surface area contributed by atoms with Gasteiger partial charge < -0.3 is 26.8 Å². The Labute approximate surface area is 157 Å². The number of guanidine groups is 1. The molecule has 0 spiro atoms. The van der Waals surface area contributed by atoms with E-state index in [0.717, 1.165) is 45.5 Å². The Kier molecular flexibility index (Phi) is 4.89.